The SMILES string of the molecule is CC1(C(=O)Cc2cccc(-c3ccc(C(=O)N4CCN(C(=O)C5(O)CC5)CC4)cc3)c2)COC1. The maximum absolute atomic E-state index is 13.0. The summed E-state index contributed by atoms with van der Waals surface area (Å²) >= 11 is 0. The van der Waals surface area contributed by atoms with E-state index < -0.39 is 5.60 Å². The van der Waals surface area contributed by atoms with Gasteiger partial charge >= 0.3 is 0 Å². The average Bonchev–Trinajstić information content (AvgIpc) is 3.60. The predicted octanol–water partition coefficient (Wildman–Crippen LogP) is 2.31. The molecule has 2 aliphatic heterocycles. The summed E-state index contributed by atoms with van der Waals surface area (Å²) in [6.07, 6.45) is 1.45. The van der Waals surface area contributed by atoms with Gasteiger partial charge in [0.1, 0.15) is 11.4 Å². The minimum Gasteiger partial charge on any atom is -0.380 e. The van der Waals surface area contributed by atoms with Crippen molar-refractivity contribution in [3.63, 3.8) is 0 Å². The fraction of sp³-hybridized carbons (Fsp3) is 0.444. The van der Waals surface area contributed by atoms with Crippen molar-refractivity contribution in [2.24, 2.45) is 5.41 Å². The Labute approximate surface area is 199 Å². The summed E-state index contributed by atoms with van der Waals surface area (Å²) in [6.45, 7) is 4.75. The van der Waals surface area contributed by atoms with Gasteiger partial charge in [0.05, 0.1) is 18.6 Å². The van der Waals surface area contributed by atoms with Crippen LogP contribution in [-0.4, -0.2) is 77.5 Å². The van der Waals surface area contributed by atoms with Crippen molar-refractivity contribution in [3.8, 4) is 11.1 Å². The normalized spacial score (nSPS) is 20.4. The Morgan fingerprint density at radius 3 is 2.15 bits per heavy atom. The summed E-state index contributed by atoms with van der Waals surface area (Å²) in [5, 5.41) is 10.0. The van der Waals surface area contributed by atoms with Gasteiger partial charge in [-0.15, -0.1) is 0 Å². The second-order valence-electron chi connectivity index (χ2n) is 10.0. The third-order valence-corrected chi connectivity index (χ3v) is 7.25. The average molecular weight is 463 g/mol. The van der Waals surface area contributed by atoms with E-state index in [0.717, 1.165) is 16.7 Å². The number of hydrogen-bond acceptors (Lipinski definition) is 5. The van der Waals surface area contributed by atoms with E-state index >= 15 is 0 Å². The predicted molar refractivity (Wildman–Crippen MR) is 126 cm³/mol. The second kappa shape index (κ2) is 8.64. The smallest absolute Gasteiger partial charge is 0.254 e. The molecule has 5 rings (SSSR count). The zero-order valence-corrected chi connectivity index (χ0v) is 19.5. The summed E-state index contributed by atoms with van der Waals surface area (Å²) in [4.78, 5) is 41.3. The number of piperazine rings is 1. The van der Waals surface area contributed by atoms with Crippen molar-refractivity contribution in [2.75, 3.05) is 39.4 Å². The molecule has 7 heteroatoms. The first-order chi connectivity index (χ1) is 16.3. The maximum atomic E-state index is 13.0. The number of rotatable bonds is 6. The lowest BCUT2D eigenvalue weighted by molar-refractivity contribution is -0.154. The Balaban J connectivity index is 1.20. The highest BCUT2D eigenvalue weighted by Crippen LogP contribution is 2.37. The number of benzene rings is 2. The van der Waals surface area contributed by atoms with Crippen LogP contribution < -0.4 is 0 Å². The molecule has 0 radical (unpaired) electrons. The monoisotopic (exact) mass is 462 g/mol. The Kier molecular flexibility index (Phi) is 5.78. The molecule has 34 heavy (non-hydrogen) atoms. The highest BCUT2D eigenvalue weighted by molar-refractivity contribution is 5.95. The molecule has 0 bridgehead atoms. The minimum absolute atomic E-state index is 0.0564. The minimum atomic E-state index is -1.16. The van der Waals surface area contributed by atoms with Gasteiger partial charge in [-0.1, -0.05) is 36.4 Å². The third-order valence-electron chi connectivity index (χ3n) is 7.25. The first-order valence-corrected chi connectivity index (χ1v) is 11.9. The molecule has 2 aromatic rings. The lowest BCUT2D eigenvalue weighted by Crippen LogP contribution is -2.53. The first-order valence-electron chi connectivity index (χ1n) is 11.9. The van der Waals surface area contributed by atoms with Gasteiger partial charge in [0, 0.05) is 38.2 Å². The topological polar surface area (TPSA) is 87.2 Å². The van der Waals surface area contributed by atoms with Crippen molar-refractivity contribution in [3.05, 3.63) is 59.7 Å². The van der Waals surface area contributed by atoms with E-state index in [0.29, 0.717) is 64.2 Å². The van der Waals surface area contributed by atoms with Crippen LogP contribution in [0.1, 0.15) is 35.7 Å². The number of hydrogen-bond donors (Lipinski definition) is 1. The lowest BCUT2D eigenvalue weighted by Gasteiger charge is -2.36. The molecule has 1 N–H and O–H groups in total. The van der Waals surface area contributed by atoms with E-state index in [-0.39, 0.29) is 23.0 Å². The summed E-state index contributed by atoms with van der Waals surface area (Å²) in [5.41, 5.74) is 2.04. The zero-order valence-electron chi connectivity index (χ0n) is 19.5. The number of carbonyl (C=O) groups is 3. The van der Waals surface area contributed by atoms with Crippen LogP contribution in [0, 0.1) is 5.41 Å². The van der Waals surface area contributed by atoms with Crippen LogP contribution in [-0.2, 0) is 20.7 Å². The van der Waals surface area contributed by atoms with Gasteiger partial charge < -0.3 is 19.6 Å². The molecule has 0 unspecified atom stereocenters. The van der Waals surface area contributed by atoms with Gasteiger partial charge in [0.2, 0.25) is 0 Å². The largest absolute Gasteiger partial charge is 0.380 e. The van der Waals surface area contributed by atoms with Crippen molar-refractivity contribution in [2.45, 2.75) is 31.8 Å². The van der Waals surface area contributed by atoms with Crippen LogP contribution in [0.25, 0.3) is 11.1 Å². The summed E-state index contributed by atoms with van der Waals surface area (Å²) in [6, 6.07) is 15.5. The number of Topliss-reactive ketones (excluding diaryl/α,β-unsaturated/α-hetero) is 1. The molecule has 3 fully saturated rings. The Morgan fingerprint density at radius 2 is 1.56 bits per heavy atom. The molecule has 0 aromatic heterocycles. The van der Waals surface area contributed by atoms with Crippen molar-refractivity contribution < 1.29 is 24.2 Å². The molecule has 0 spiro atoms. The summed E-state index contributed by atoms with van der Waals surface area (Å²) < 4.78 is 5.22. The third kappa shape index (κ3) is 4.38. The molecular weight excluding hydrogens is 432 g/mol. The highest BCUT2D eigenvalue weighted by atomic mass is 16.5. The molecule has 1 saturated carbocycles. The van der Waals surface area contributed by atoms with E-state index in [1.54, 1.807) is 9.80 Å². The molecule has 2 amide bonds. The van der Waals surface area contributed by atoms with Gasteiger partial charge in [-0.3, -0.25) is 14.4 Å². The van der Waals surface area contributed by atoms with Gasteiger partial charge in [-0.2, -0.15) is 0 Å². The number of amides is 2. The van der Waals surface area contributed by atoms with Crippen LogP contribution >= 0.6 is 0 Å². The molecule has 1 aliphatic carbocycles. The van der Waals surface area contributed by atoms with Crippen LogP contribution in [0.4, 0.5) is 0 Å². The van der Waals surface area contributed by atoms with Gasteiger partial charge in [0.25, 0.3) is 11.8 Å². The zero-order chi connectivity index (χ0) is 23.9. The van der Waals surface area contributed by atoms with Gasteiger partial charge in [-0.25, -0.2) is 0 Å². The van der Waals surface area contributed by atoms with Crippen LogP contribution in [0.5, 0.6) is 0 Å². The van der Waals surface area contributed by atoms with E-state index in [9.17, 15) is 19.5 Å². The standard InChI is InChI=1S/C27H30N2O5/c1-26(17-34-18-26)23(30)16-19-3-2-4-22(15-19)20-5-7-21(8-6-20)24(31)28-11-13-29(14-12-28)25(32)27(33)9-10-27/h2-8,15,33H,9-14,16-18H2,1H3. The van der Waals surface area contributed by atoms with Crippen LogP contribution in [0.15, 0.2) is 48.5 Å². The second-order valence-corrected chi connectivity index (χ2v) is 10.0. The first kappa shape index (κ1) is 22.7. The van der Waals surface area contributed by atoms with E-state index in [2.05, 4.69) is 0 Å². The number of ketones is 1. The lowest BCUT2D eigenvalue weighted by atomic mass is 9.81. The van der Waals surface area contributed by atoms with Crippen molar-refractivity contribution >= 4 is 17.6 Å². The Hall–Kier alpha value is -3.03. The van der Waals surface area contributed by atoms with Crippen molar-refractivity contribution in [1.29, 1.82) is 0 Å². The Bertz CT molecular complexity index is 1110. The van der Waals surface area contributed by atoms with Crippen LogP contribution in [0.3, 0.4) is 0 Å². The maximum Gasteiger partial charge on any atom is 0.254 e. The van der Waals surface area contributed by atoms with Crippen molar-refractivity contribution in [1.82, 2.24) is 9.80 Å². The number of nitrogens with zero attached hydrogens (tertiary/aromatic N) is 2. The molecule has 2 heterocycles. The van der Waals surface area contributed by atoms with E-state index in [1.165, 1.54) is 0 Å². The Morgan fingerprint density at radius 1 is 0.912 bits per heavy atom. The highest BCUT2D eigenvalue weighted by Gasteiger charge is 2.50. The molecular formula is C27H30N2O5. The molecule has 3 aliphatic rings. The van der Waals surface area contributed by atoms with Gasteiger partial charge in [0.15, 0.2) is 0 Å². The van der Waals surface area contributed by atoms with Gasteiger partial charge in [-0.05, 0) is 48.6 Å². The quantitative estimate of drug-likeness (QED) is 0.712. The number of ether oxygens (including phenoxy) is 1. The number of carbonyl (C=O) groups excluding carboxylic acids is 3. The molecule has 0 atom stereocenters. The van der Waals surface area contributed by atoms with E-state index in [4.69, 9.17) is 4.74 Å². The fourth-order valence-corrected chi connectivity index (χ4v) is 4.56. The number of aliphatic hydroxyl groups is 1. The summed E-state index contributed by atoms with van der Waals surface area (Å²) in [5.74, 6) is -0.0629. The van der Waals surface area contributed by atoms with E-state index in [1.807, 2.05) is 55.5 Å². The fourth-order valence-electron chi connectivity index (χ4n) is 4.56. The summed E-state index contributed by atoms with van der Waals surface area (Å²) in [7, 11) is 0. The molecule has 7 nitrogen and oxygen atoms in total. The van der Waals surface area contributed by atoms with Crippen LogP contribution in [0.2, 0.25) is 0 Å². The molecule has 2 saturated heterocycles. The molecule has 2 aromatic carbocycles. The molecule has 178 valence electrons.